The lowest BCUT2D eigenvalue weighted by molar-refractivity contribution is -0.131. The van der Waals surface area contributed by atoms with Crippen LogP contribution in [0, 0.1) is 0 Å². The first kappa shape index (κ1) is 11.1. The lowest BCUT2D eigenvalue weighted by Gasteiger charge is -2.06. The smallest absolute Gasteiger partial charge is 0.328 e. The van der Waals surface area contributed by atoms with Crippen LogP contribution in [0.3, 0.4) is 0 Å². The van der Waals surface area contributed by atoms with Gasteiger partial charge in [0.25, 0.3) is 5.56 Å². The van der Waals surface area contributed by atoms with E-state index in [1.165, 1.54) is 16.7 Å². The summed E-state index contributed by atoms with van der Waals surface area (Å²) in [7, 11) is 0. The number of hydrogen-bond donors (Lipinski definition) is 1. The second-order valence-corrected chi connectivity index (χ2v) is 3.58. The summed E-state index contributed by atoms with van der Waals surface area (Å²) in [6.07, 6.45) is 2.49. The Balaban J connectivity index is 2.48. The molecule has 4 nitrogen and oxygen atoms in total. The third kappa shape index (κ3) is 2.42. The van der Waals surface area contributed by atoms with E-state index >= 15 is 0 Å². The maximum atomic E-state index is 11.7. The Hall–Kier alpha value is -2.36. The van der Waals surface area contributed by atoms with Crippen molar-refractivity contribution in [2.45, 2.75) is 6.54 Å². The maximum absolute atomic E-state index is 11.7. The number of para-hydroxylation sites is 1. The molecule has 0 saturated heterocycles. The van der Waals surface area contributed by atoms with E-state index in [2.05, 4.69) is 0 Å². The Bertz CT molecular complexity index is 640. The maximum Gasteiger partial charge on any atom is 0.328 e. The largest absolute Gasteiger partial charge is 0.478 e. The van der Waals surface area contributed by atoms with Crippen molar-refractivity contribution in [3.8, 4) is 0 Å². The molecule has 0 fully saturated rings. The van der Waals surface area contributed by atoms with Crippen molar-refractivity contribution in [3.05, 3.63) is 58.9 Å². The molecule has 86 valence electrons. The second kappa shape index (κ2) is 4.65. The van der Waals surface area contributed by atoms with Gasteiger partial charge in [0.2, 0.25) is 0 Å². The van der Waals surface area contributed by atoms with Crippen LogP contribution < -0.4 is 5.56 Å². The average molecular weight is 229 g/mol. The van der Waals surface area contributed by atoms with Gasteiger partial charge in [0, 0.05) is 18.7 Å². The number of carboxylic acids is 1. The minimum Gasteiger partial charge on any atom is -0.478 e. The number of rotatable bonds is 3. The van der Waals surface area contributed by atoms with Crippen LogP contribution in [-0.4, -0.2) is 15.6 Å². The van der Waals surface area contributed by atoms with Crippen molar-refractivity contribution in [2.24, 2.45) is 0 Å². The van der Waals surface area contributed by atoms with Gasteiger partial charge in [-0.3, -0.25) is 4.79 Å². The van der Waals surface area contributed by atoms with Crippen molar-refractivity contribution in [1.82, 2.24) is 4.57 Å². The molecule has 2 rings (SSSR count). The highest BCUT2D eigenvalue weighted by atomic mass is 16.4. The van der Waals surface area contributed by atoms with E-state index in [4.69, 9.17) is 5.11 Å². The third-order valence-corrected chi connectivity index (χ3v) is 2.45. The van der Waals surface area contributed by atoms with Crippen LogP contribution >= 0.6 is 0 Å². The summed E-state index contributed by atoms with van der Waals surface area (Å²) >= 11 is 0. The van der Waals surface area contributed by atoms with E-state index in [1.807, 2.05) is 24.3 Å². The van der Waals surface area contributed by atoms with Crippen LogP contribution in [0.1, 0.15) is 0 Å². The quantitative estimate of drug-likeness (QED) is 0.814. The first-order valence-electron chi connectivity index (χ1n) is 5.16. The van der Waals surface area contributed by atoms with E-state index in [0.29, 0.717) is 0 Å². The van der Waals surface area contributed by atoms with E-state index in [9.17, 15) is 9.59 Å². The highest BCUT2D eigenvalue weighted by Crippen LogP contribution is 2.10. The molecule has 0 spiro atoms. The van der Waals surface area contributed by atoms with Crippen LogP contribution in [0.25, 0.3) is 10.9 Å². The summed E-state index contributed by atoms with van der Waals surface area (Å²) in [5, 5.41) is 9.45. The Kier molecular flexibility index (Phi) is 3.05. The van der Waals surface area contributed by atoms with E-state index in [1.54, 1.807) is 6.07 Å². The zero-order chi connectivity index (χ0) is 12.3. The molecule has 0 unspecified atom stereocenters. The number of aliphatic carboxylic acids is 1. The lowest BCUT2D eigenvalue weighted by Crippen LogP contribution is -2.18. The number of carboxylic acid groups (broad SMARTS) is 1. The number of pyridine rings is 1. The van der Waals surface area contributed by atoms with Crippen LogP contribution in [0.5, 0.6) is 0 Å². The normalized spacial score (nSPS) is 11.1. The molecule has 4 heteroatoms. The molecule has 0 aliphatic carbocycles. The highest BCUT2D eigenvalue weighted by molar-refractivity contribution is 5.80. The van der Waals surface area contributed by atoms with Crippen molar-refractivity contribution in [2.75, 3.05) is 0 Å². The van der Waals surface area contributed by atoms with E-state index in [-0.39, 0.29) is 12.1 Å². The van der Waals surface area contributed by atoms with Crippen LogP contribution in [0.15, 0.2) is 53.3 Å². The summed E-state index contributed by atoms with van der Waals surface area (Å²) in [6, 6.07) is 10.7. The van der Waals surface area contributed by atoms with Crippen LogP contribution in [-0.2, 0) is 11.3 Å². The molecule has 0 radical (unpaired) electrons. The van der Waals surface area contributed by atoms with Gasteiger partial charge >= 0.3 is 5.97 Å². The Morgan fingerprint density at radius 3 is 2.76 bits per heavy atom. The molecule has 0 aliphatic rings. The summed E-state index contributed by atoms with van der Waals surface area (Å²) < 4.78 is 1.54. The number of benzene rings is 1. The molecular weight excluding hydrogens is 218 g/mol. The van der Waals surface area contributed by atoms with Gasteiger partial charge in [-0.2, -0.15) is 0 Å². The molecule has 2 aromatic rings. The fourth-order valence-corrected chi connectivity index (χ4v) is 1.69. The van der Waals surface area contributed by atoms with Gasteiger partial charge in [-0.25, -0.2) is 4.79 Å². The average Bonchev–Trinajstić information content (AvgIpc) is 2.32. The van der Waals surface area contributed by atoms with Crippen LogP contribution in [0.4, 0.5) is 0 Å². The molecule has 0 atom stereocenters. The minimum atomic E-state index is -1.02. The fraction of sp³-hybridized carbons (Fsp3) is 0.0769. The van der Waals surface area contributed by atoms with Gasteiger partial charge in [-0.1, -0.05) is 24.3 Å². The summed E-state index contributed by atoms with van der Waals surface area (Å²) in [5.74, 6) is -1.02. The van der Waals surface area contributed by atoms with E-state index in [0.717, 1.165) is 17.0 Å². The SMILES string of the molecule is O=C(O)/C=C/Cn1c(=O)ccc2ccccc21. The summed E-state index contributed by atoms with van der Waals surface area (Å²) in [5.41, 5.74) is 0.661. The fourth-order valence-electron chi connectivity index (χ4n) is 1.69. The predicted octanol–water partition coefficient (Wildman–Crippen LogP) is 1.64. The van der Waals surface area contributed by atoms with Crippen molar-refractivity contribution < 1.29 is 9.90 Å². The minimum absolute atomic E-state index is 0.140. The Morgan fingerprint density at radius 1 is 1.24 bits per heavy atom. The van der Waals surface area contributed by atoms with Crippen LogP contribution in [0.2, 0.25) is 0 Å². The Labute approximate surface area is 97.4 Å². The number of carbonyl (C=O) groups is 1. The number of nitrogens with zero attached hydrogens (tertiary/aromatic N) is 1. The molecule has 0 saturated carbocycles. The first-order chi connectivity index (χ1) is 8.18. The highest BCUT2D eigenvalue weighted by Gasteiger charge is 2.00. The van der Waals surface area contributed by atoms with Crippen molar-refractivity contribution >= 4 is 16.9 Å². The molecule has 0 bridgehead atoms. The molecule has 1 aromatic carbocycles. The summed E-state index contributed by atoms with van der Waals surface area (Å²) in [6.45, 7) is 0.256. The molecule has 1 aromatic heterocycles. The van der Waals surface area contributed by atoms with Gasteiger partial charge in [-0.15, -0.1) is 0 Å². The standard InChI is InChI=1S/C13H11NO3/c15-12-8-7-10-4-1-2-5-11(10)14(12)9-3-6-13(16)17/h1-8H,9H2,(H,16,17)/b6-3+. The predicted molar refractivity (Wildman–Crippen MR) is 65.0 cm³/mol. The van der Waals surface area contributed by atoms with Gasteiger partial charge in [0.15, 0.2) is 0 Å². The number of hydrogen-bond acceptors (Lipinski definition) is 2. The monoisotopic (exact) mass is 229 g/mol. The van der Waals surface area contributed by atoms with Crippen molar-refractivity contribution in [3.63, 3.8) is 0 Å². The van der Waals surface area contributed by atoms with Crippen molar-refractivity contribution in [1.29, 1.82) is 0 Å². The topological polar surface area (TPSA) is 59.3 Å². The summed E-state index contributed by atoms with van der Waals surface area (Å²) in [4.78, 5) is 22.1. The molecule has 0 amide bonds. The second-order valence-electron chi connectivity index (χ2n) is 3.58. The van der Waals surface area contributed by atoms with Gasteiger partial charge in [0.1, 0.15) is 0 Å². The zero-order valence-corrected chi connectivity index (χ0v) is 9.04. The van der Waals surface area contributed by atoms with E-state index < -0.39 is 5.97 Å². The lowest BCUT2D eigenvalue weighted by atomic mass is 10.2. The molecule has 1 N–H and O–H groups in total. The zero-order valence-electron chi connectivity index (χ0n) is 9.04. The van der Waals surface area contributed by atoms with Gasteiger partial charge < -0.3 is 9.67 Å². The first-order valence-corrected chi connectivity index (χ1v) is 5.16. The third-order valence-electron chi connectivity index (χ3n) is 2.45. The van der Waals surface area contributed by atoms with Gasteiger partial charge in [0.05, 0.1) is 5.52 Å². The van der Waals surface area contributed by atoms with Gasteiger partial charge in [-0.05, 0) is 17.5 Å². The number of fused-ring (bicyclic) bond motifs is 1. The Morgan fingerprint density at radius 2 is 2.00 bits per heavy atom. The molecule has 1 heterocycles. The number of allylic oxidation sites excluding steroid dienone is 1. The molecule has 17 heavy (non-hydrogen) atoms. The molecular formula is C13H11NO3. The molecule has 0 aliphatic heterocycles. The number of aromatic nitrogens is 1.